The zero-order chi connectivity index (χ0) is 20.4. The highest BCUT2D eigenvalue weighted by Gasteiger charge is 2.30. The van der Waals surface area contributed by atoms with Crippen LogP contribution >= 0.6 is 27.5 Å². The lowest BCUT2D eigenvalue weighted by molar-refractivity contribution is 0.0630. The molecule has 0 bridgehead atoms. The number of hydrogen-bond donors (Lipinski definition) is 1. The minimum atomic E-state index is -0.0693. The molecule has 0 radical (unpaired) electrons. The molecule has 0 aliphatic carbocycles. The molecule has 1 amide bonds. The molecule has 1 N–H and O–H groups in total. The zero-order valence-electron chi connectivity index (χ0n) is 16.0. The van der Waals surface area contributed by atoms with Gasteiger partial charge in [-0.3, -0.25) is 9.78 Å². The molecule has 6 nitrogen and oxygen atoms in total. The monoisotopic (exact) mass is 473 g/mol. The third-order valence-electron chi connectivity index (χ3n) is 5.16. The molecular weight excluding hydrogens is 454 g/mol. The van der Waals surface area contributed by atoms with Gasteiger partial charge in [0.1, 0.15) is 0 Å². The van der Waals surface area contributed by atoms with Crippen LogP contribution in [0, 0.1) is 6.92 Å². The first-order valence-electron chi connectivity index (χ1n) is 9.60. The van der Waals surface area contributed by atoms with Crippen molar-refractivity contribution >= 4 is 50.3 Å². The number of aryl methyl sites for hydroxylation is 1. The minimum absolute atomic E-state index is 0.0419. The molecule has 2 aromatic heterocycles. The molecule has 29 heavy (non-hydrogen) atoms. The van der Waals surface area contributed by atoms with E-state index in [1.807, 2.05) is 24.0 Å². The van der Waals surface area contributed by atoms with Crippen LogP contribution in [-0.4, -0.2) is 44.9 Å². The number of rotatable bonds is 4. The fourth-order valence-corrected chi connectivity index (χ4v) is 4.17. The summed E-state index contributed by atoms with van der Waals surface area (Å²) in [5.74, 6) is 0.478. The number of halogens is 2. The van der Waals surface area contributed by atoms with E-state index in [0.717, 1.165) is 34.7 Å². The van der Waals surface area contributed by atoms with E-state index in [0.29, 0.717) is 35.1 Å². The molecule has 3 heterocycles. The smallest absolute Gasteiger partial charge is 0.257 e. The molecule has 3 aromatic rings. The number of amides is 1. The number of piperidine rings is 1. The van der Waals surface area contributed by atoms with E-state index in [2.05, 4.69) is 36.2 Å². The Balaban J connectivity index is 1.60. The van der Waals surface area contributed by atoms with Crippen LogP contribution < -0.4 is 5.32 Å². The van der Waals surface area contributed by atoms with E-state index >= 15 is 0 Å². The molecule has 1 unspecified atom stereocenters. The Kier molecular flexibility index (Phi) is 5.96. The molecule has 8 heteroatoms. The number of anilines is 1. The van der Waals surface area contributed by atoms with Crippen LogP contribution in [0.15, 0.2) is 41.3 Å². The number of carbonyl (C=O) groups excluding carboxylic acids is 1. The molecule has 1 aliphatic heterocycles. The molecule has 1 aromatic carbocycles. The molecule has 4 rings (SSSR count). The van der Waals surface area contributed by atoms with E-state index in [4.69, 9.17) is 11.6 Å². The average molecular weight is 475 g/mol. The lowest BCUT2D eigenvalue weighted by Crippen LogP contribution is -2.47. The van der Waals surface area contributed by atoms with E-state index in [-0.39, 0.29) is 11.9 Å². The second-order valence-electron chi connectivity index (χ2n) is 7.26. The van der Waals surface area contributed by atoms with Crippen LogP contribution in [0.1, 0.15) is 35.2 Å². The third-order valence-corrected chi connectivity index (χ3v) is 5.88. The summed E-state index contributed by atoms with van der Waals surface area (Å²) in [5, 5.41) is 4.61. The second-order valence-corrected chi connectivity index (χ2v) is 8.58. The van der Waals surface area contributed by atoms with E-state index in [1.165, 1.54) is 0 Å². The van der Waals surface area contributed by atoms with E-state index < -0.39 is 0 Å². The van der Waals surface area contributed by atoms with E-state index in [1.54, 1.807) is 24.7 Å². The van der Waals surface area contributed by atoms with Crippen molar-refractivity contribution in [1.82, 2.24) is 19.9 Å². The Morgan fingerprint density at radius 3 is 2.83 bits per heavy atom. The fourth-order valence-electron chi connectivity index (χ4n) is 3.73. The molecular formula is C21H21BrClN5O. The van der Waals surface area contributed by atoms with Gasteiger partial charge in [0.15, 0.2) is 0 Å². The van der Waals surface area contributed by atoms with Gasteiger partial charge in [-0.15, -0.1) is 0 Å². The normalized spacial score (nSPS) is 16.8. The van der Waals surface area contributed by atoms with Crippen LogP contribution in [0.5, 0.6) is 0 Å². The summed E-state index contributed by atoms with van der Waals surface area (Å²) < 4.78 is 0.825. The fraction of sp³-hybridized carbons (Fsp3) is 0.333. The van der Waals surface area contributed by atoms with Crippen LogP contribution in [0.4, 0.5) is 5.95 Å². The maximum Gasteiger partial charge on any atom is 0.257 e. The van der Waals surface area contributed by atoms with Crippen LogP contribution in [0.25, 0.3) is 10.9 Å². The lowest BCUT2D eigenvalue weighted by atomic mass is 9.99. The molecule has 0 saturated carbocycles. The van der Waals surface area contributed by atoms with Crippen molar-refractivity contribution in [2.45, 2.75) is 32.2 Å². The number of benzene rings is 1. The first-order chi connectivity index (χ1) is 14.0. The number of nitrogens with one attached hydrogen (secondary N) is 1. The second kappa shape index (κ2) is 8.63. The SMILES string of the molecule is Cc1cnc2c(C(=O)N3CCCCC3CNc3ncc(Br)cn3)c(Cl)ccc2c1. The molecule has 1 aliphatic rings. The van der Waals surface area contributed by atoms with Gasteiger partial charge in [0, 0.05) is 43.1 Å². The molecule has 1 atom stereocenters. The Morgan fingerprint density at radius 2 is 2.03 bits per heavy atom. The standard InChI is InChI=1S/C21H21BrClN5O/c1-13-8-14-5-6-17(23)18(19(14)24-9-13)20(29)28-7-3-2-4-16(28)12-27-21-25-10-15(22)11-26-21/h5-6,8-11,16H,2-4,7,12H2,1H3,(H,25,26,27). The third kappa shape index (κ3) is 4.36. The van der Waals surface area contributed by atoms with Crippen molar-refractivity contribution in [1.29, 1.82) is 0 Å². The first-order valence-corrected chi connectivity index (χ1v) is 10.8. The van der Waals surface area contributed by atoms with Crippen molar-refractivity contribution < 1.29 is 4.79 Å². The summed E-state index contributed by atoms with van der Waals surface area (Å²) in [5.41, 5.74) is 2.19. The van der Waals surface area contributed by atoms with Crippen LogP contribution in [0.2, 0.25) is 5.02 Å². The van der Waals surface area contributed by atoms with Gasteiger partial charge in [0.25, 0.3) is 5.91 Å². The maximum absolute atomic E-state index is 13.5. The molecule has 150 valence electrons. The zero-order valence-corrected chi connectivity index (χ0v) is 18.4. The summed E-state index contributed by atoms with van der Waals surface area (Å²) in [4.78, 5) is 28.4. The summed E-state index contributed by atoms with van der Waals surface area (Å²) >= 11 is 9.80. The largest absolute Gasteiger partial charge is 0.352 e. The van der Waals surface area contributed by atoms with Crippen molar-refractivity contribution in [3.63, 3.8) is 0 Å². The Hall–Kier alpha value is -2.25. The number of pyridine rings is 1. The summed E-state index contributed by atoms with van der Waals surface area (Å²) in [6, 6.07) is 5.76. The van der Waals surface area contributed by atoms with Gasteiger partial charge in [-0.25, -0.2) is 9.97 Å². The van der Waals surface area contributed by atoms with Gasteiger partial charge >= 0.3 is 0 Å². The summed E-state index contributed by atoms with van der Waals surface area (Å²) in [6.45, 7) is 3.27. The van der Waals surface area contributed by atoms with Gasteiger partial charge in [0.05, 0.1) is 20.6 Å². The number of likely N-dealkylation sites (tertiary alicyclic amines) is 1. The molecule has 1 fully saturated rings. The summed E-state index contributed by atoms with van der Waals surface area (Å²) in [7, 11) is 0. The average Bonchev–Trinajstić information content (AvgIpc) is 2.73. The van der Waals surface area contributed by atoms with Gasteiger partial charge in [-0.1, -0.05) is 17.7 Å². The number of nitrogens with zero attached hydrogens (tertiary/aromatic N) is 4. The highest BCUT2D eigenvalue weighted by molar-refractivity contribution is 9.10. The maximum atomic E-state index is 13.5. The highest BCUT2D eigenvalue weighted by Crippen LogP contribution is 2.29. The quantitative estimate of drug-likeness (QED) is 0.585. The summed E-state index contributed by atoms with van der Waals surface area (Å²) in [6.07, 6.45) is 8.15. The molecule has 0 spiro atoms. The van der Waals surface area contributed by atoms with Crippen molar-refractivity contribution in [2.24, 2.45) is 0 Å². The Morgan fingerprint density at radius 1 is 1.24 bits per heavy atom. The number of aromatic nitrogens is 3. The van der Waals surface area contributed by atoms with Crippen LogP contribution in [0.3, 0.4) is 0 Å². The van der Waals surface area contributed by atoms with Crippen molar-refractivity contribution in [3.8, 4) is 0 Å². The highest BCUT2D eigenvalue weighted by atomic mass is 79.9. The van der Waals surface area contributed by atoms with Crippen molar-refractivity contribution in [3.05, 3.63) is 57.4 Å². The number of hydrogen-bond acceptors (Lipinski definition) is 5. The Bertz CT molecular complexity index is 1040. The van der Waals surface area contributed by atoms with E-state index in [9.17, 15) is 4.79 Å². The first kappa shape index (κ1) is 20.0. The van der Waals surface area contributed by atoms with Gasteiger partial charge in [0.2, 0.25) is 5.95 Å². The van der Waals surface area contributed by atoms with Crippen molar-refractivity contribution in [2.75, 3.05) is 18.4 Å². The Labute approximate surface area is 182 Å². The topological polar surface area (TPSA) is 71.0 Å². The number of carbonyl (C=O) groups is 1. The minimum Gasteiger partial charge on any atom is -0.352 e. The van der Waals surface area contributed by atoms with Gasteiger partial charge in [-0.05, 0) is 59.8 Å². The van der Waals surface area contributed by atoms with Gasteiger partial charge in [-0.2, -0.15) is 0 Å². The molecule has 1 saturated heterocycles. The van der Waals surface area contributed by atoms with Crippen LogP contribution in [-0.2, 0) is 0 Å². The predicted octanol–water partition coefficient (Wildman–Crippen LogP) is 4.86. The predicted molar refractivity (Wildman–Crippen MR) is 118 cm³/mol. The lowest BCUT2D eigenvalue weighted by Gasteiger charge is -2.36. The van der Waals surface area contributed by atoms with Gasteiger partial charge < -0.3 is 10.2 Å². The number of fused-ring (bicyclic) bond motifs is 1.